The number of hydrogen-bond acceptors (Lipinski definition) is 4. The quantitative estimate of drug-likeness (QED) is 0.290. The molecular formula is C21H44N2O3Si. The Hall–Kier alpha value is -0.593. The fourth-order valence-electron chi connectivity index (χ4n) is 3.10. The van der Waals surface area contributed by atoms with E-state index in [1.54, 1.807) is 5.17 Å². The molecular weight excluding hydrogens is 356 g/mol. The Balaban J connectivity index is 2.56. The van der Waals surface area contributed by atoms with Gasteiger partial charge in [0.1, 0.15) is 5.60 Å². The van der Waals surface area contributed by atoms with E-state index in [9.17, 15) is 4.79 Å². The number of nitrogens with zero attached hydrogens (tertiary/aromatic N) is 1. The first kappa shape index (κ1) is 24.4. The van der Waals surface area contributed by atoms with Crippen LogP contribution in [-0.4, -0.2) is 31.7 Å². The molecule has 0 spiro atoms. The number of hydrazine groups is 1. The number of rotatable bonds is 8. The summed E-state index contributed by atoms with van der Waals surface area (Å²) in [6.07, 6.45) is 10.0. The van der Waals surface area contributed by atoms with E-state index in [1.807, 2.05) is 20.8 Å². The van der Waals surface area contributed by atoms with Gasteiger partial charge in [-0.3, -0.25) is 0 Å². The topological polar surface area (TPSA) is 50.8 Å². The molecule has 0 aromatic rings. The summed E-state index contributed by atoms with van der Waals surface area (Å²) in [6, 6.07) is 0. The van der Waals surface area contributed by atoms with Gasteiger partial charge < -0.3 is 9.26 Å². The third-order valence-corrected chi connectivity index (χ3v) is 10.00. The van der Waals surface area contributed by atoms with Crippen molar-refractivity contribution in [3.63, 3.8) is 0 Å². The number of hydrogen-bond donors (Lipinski definition) is 1. The Bertz CT molecular complexity index is 449. The molecule has 1 aliphatic carbocycles. The van der Waals surface area contributed by atoms with E-state index in [0.29, 0.717) is 6.54 Å². The predicted octanol–water partition coefficient (Wildman–Crippen LogP) is 6.42. The zero-order valence-corrected chi connectivity index (χ0v) is 20.1. The van der Waals surface area contributed by atoms with Crippen molar-refractivity contribution in [1.29, 1.82) is 0 Å². The maximum atomic E-state index is 12.2. The van der Waals surface area contributed by atoms with Crippen LogP contribution in [0.4, 0.5) is 4.79 Å². The molecule has 0 aromatic carbocycles. The average molecular weight is 401 g/mol. The lowest BCUT2D eigenvalue weighted by molar-refractivity contribution is -0.118. The Morgan fingerprint density at radius 1 is 1.04 bits per heavy atom. The van der Waals surface area contributed by atoms with Gasteiger partial charge in [0.2, 0.25) is 8.32 Å². The first-order valence-electron chi connectivity index (χ1n) is 10.8. The highest BCUT2D eigenvalue weighted by molar-refractivity contribution is 6.74. The molecule has 1 fully saturated rings. The minimum absolute atomic E-state index is 0.0724. The van der Waals surface area contributed by atoms with Gasteiger partial charge >= 0.3 is 6.09 Å². The highest BCUT2D eigenvalue weighted by atomic mass is 28.4. The fraction of sp³-hybridized carbons (Fsp3) is 0.952. The van der Waals surface area contributed by atoms with E-state index >= 15 is 0 Å². The molecule has 0 bridgehead atoms. The van der Waals surface area contributed by atoms with Gasteiger partial charge in [0.15, 0.2) is 0 Å². The van der Waals surface area contributed by atoms with E-state index < -0.39 is 20.0 Å². The van der Waals surface area contributed by atoms with Gasteiger partial charge in [0, 0.05) is 6.54 Å². The molecule has 1 N–H and O–H groups in total. The molecule has 0 aromatic heterocycles. The van der Waals surface area contributed by atoms with Gasteiger partial charge in [-0.15, -0.1) is 5.17 Å². The summed E-state index contributed by atoms with van der Waals surface area (Å²) < 4.78 is 11.8. The summed E-state index contributed by atoms with van der Waals surface area (Å²) in [6.45, 7) is 17.3. The summed E-state index contributed by atoms with van der Waals surface area (Å²) in [5.74, 6) is 0.896. The Morgan fingerprint density at radius 2 is 1.63 bits per heavy atom. The SMILES string of the molecule is CC(C)(C)OC(=O)NN(CCCCC1CCCCC1)O[Si](C)(C)C(C)(C)C. The highest BCUT2D eigenvalue weighted by Gasteiger charge is 2.40. The number of carbonyl (C=O) groups is 1. The molecule has 0 atom stereocenters. The number of nitrogens with one attached hydrogen (secondary N) is 1. The first-order chi connectivity index (χ1) is 12.3. The molecule has 1 rings (SSSR count). The smallest absolute Gasteiger partial charge is 0.424 e. The summed E-state index contributed by atoms with van der Waals surface area (Å²) in [5, 5.41) is 1.72. The standard InChI is InChI=1S/C21H44N2O3Si/c1-20(2,3)25-19(24)22-23(26-27(7,8)21(4,5)6)17-13-12-16-18-14-10-9-11-15-18/h18H,9-17H2,1-8H3,(H,22,24). The van der Waals surface area contributed by atoms with Crippen molar-refractivity contribution in [2.24, 2.45) is 5.92 Å². The summed E-state index contributed by atoms with van der Waals surface area (Å²) in [7, 11) is -2.03. The lowest BCUT2D eigenvalue weighted by atomic mass is 9.86. The van der Waals surface area contributed by atoms with Crippen molar-refractivity contribution >= 4 is 14.4 Å². The van der Waals surface area contributed by atoms with Crippen molar-refractivity contribution in [3.8, 4) is 0 Å². The molecule has 0 aliphatic heterocycles. The second-order valence-corrected chi connectivity index (χ2v) is 15.3. The Morgan fingerprint density at radius 3 is 2.15 bits per heavy atom. The minimum Gasteiger partial charge on any atom is -0.443 e. The molecule has 6 heteroatoms. The fourth-order valence-corrected chi connectivity index (χ4v) is 4.07. The van der Waals surface area contributed by atoms with Crippen LogP contribution in [0.15, 0.2) is 0 Å². The molecule has 1 aliphatic rings. The van der Waals surface area contributed by atoms with Gasteiger partial charge in [-0.05, 0) is 51.2 Å². The van der Waals surface area contributed by atoms with Crippen LogP contribution in [0, 0.1) is 5.92 Å². The molecule has 1 saturated carbocycles. The van der Waals surface area contributed by atoms with E-state index in [4.69, 9.17) is 9.26 Å². The maximum Gasteiger partial charge on any atom is 0.424 e. The average Bonchev–Trinajstić information content (AvgIpc) is 2.49. The van der Waals surface area contributed by atoms with Crippen molar-refractivity contribution in [3.05, 3.63) is 0 Å². The number of unbranched alkanes of at least 4 members (excludes halogenated alkanes) is 1. The summed E-state index contributed by atoms with van der Waals surface area (Å²) >= 11 is 0. The Labute approximate surface area is 168 Å². The monoisotopic (exact) mass is 400 g/mol. The molecule has 0 saturated heterocycles. The van der Waals surface area contributed by atoms with Gasteiger partial charge in [-0.25, -0.2) is 10.2 Å². The van der Waals surface area contributed by atoms with E-state index in [-0.39, 0.29) is 5.04 Å². The zero-order valence-electron chi connectivity index (χ0n) is 19.1. The van der Waals surface area contributed by atoms with Crippen LogP contribution in [0.25, 0.3) is 0 Å². The van der Waals surface area contributed by atoms with Gasteiger partial charge in [0.25, 0.3) is 0 Å². The van der Waals surface area contributed by atoms with Crippen molar-refractivity contribution in [1.82, 2.24) is 10.6 Å². The van der Waals surface area contributed by atoms with Crippen LogP contribution < -0.4 is 5.43 Å². The molecule has 0 radical (unpaired) electrons. The van der Waals surface area contributed by atoms with Crippen molar-refractivity contribution in [2.45, 2.75) is 117 Å². The second kappa shape index (κ2) is 10.3. The third kappa shape index (κ3) is 9.95. The highest BCUT2D eigenvalue weighted by Crippen LogP contribution is 2.37. The van der Waals surface area contributed by atoms with Crippen LogP contribution in [-0.2, 0) is 9.26 Å². The van der Waals surface area contributed by atoms with Crippen LogP contribution in [0.3, 0.4) is 0 Å². The maximum absolute atomic E-state index is 12.2. The number of ether oxygens (including phenoxy) is 1. The van der Waals surface area contributed by atoms with E-state index in [0.717, 1.165) is 12.3 Å². The van der Waals surface area contributed by atoms with Gasteiger partial charge in [-0.2, -0.15) is 0 Å². The van der Waals surface area contributed by atoms with Crippen LogP contribution in [0.1, 0.15) is 92.9 Å². The summed E-state index contributed by atoms with van der Waals surface area (Å²) in [5.41, 5.74) is 2.30. The van der Waals surface area contributed by atoms with Crippen LogP contribution in [0.2, 0.25) is 18.1 Å². The molecule has 1 amide bonds. The largest absolute Gasteiger partial charge is 0.443 e. The molecule has 0 unspecified atom stereocenters. The molecule has 27 heavy (non-hydrogen) atoms. The van der Waals surface area contributed by atoms with Crippen LogP contribution in [0.5, 0.6) is 0 Å². The molecule has 5 nitrogen and oxygen atoms in total. The van der Waals surface area contributed by atoms with Crippen molar-refractivity contribution < 1.29 is 14.1 Å². The molecule has 0 heterocycles. The third-order valence-electron chi connectivity index (χ3n) is 5.71. The molecule has 160 valence electrons. The minimum atomic E-state index is -2.03. The lowest BCUT2D eigenvalue weighted by Crippen LogP contribution is -2.53. The van der Waals surface area contributed by atoms with Gasteiger partial charge in [0.05, 0.1) is 0 Å². The number of amides is 1. The van der Waals surface area contributed by atoms with Crippen LogP contribution >= 0.6 is 0 Å². The van der Waals surface area contributed by atoms with E-state index in [1.165, 1.54) is 44.9 Å². The summed E-state index contributed by atoms with van der Waals surface area (Å²) in [4.78, 5) is 12.2. The van der Waals surface area contributed by atoms with Gasteiger partial charge in [-0.1, -0.05) is 65.7 Å². The first-order valence-corrected chi connectivity index (χ1v) is 13.7. The second-order valence-electron chi connectivity index (χ2n) is 10.6. The number of carbonyl (C=O) groups excluding carboxylic acids is 1. The Kier molecular flexibility index (Phi) is 9.29. The van der Waals surface area contributed by atoms with E-state index in [2.05, 4.69) is 39.3 Å². The lowest BCUT2D eigenvalue weighted by Gasteiger charge is -2.39. The number of hydroxylamine groups is 1. The zero-order chi connectivity index (χ0) is 20.7. The predicted molar refractivity (Wildman–Crippen MR) is 115 cm³/mol. The normalized spacial score (nSPS) is 17.2. The van der Waals surface area contributed by atoms with Crippen molar-refractivity contribution in [2.75, 3.05) is 6.54 Å².